The molecule has 2 heterocycles. The third-order valence-electron chi connectivity index (χ3n) is 5.78. The summed E-state index contributed by atoms with van der Waals surface area (Å²) in [6.45, 7) is 10.1. The second kappa shape index (κ2) is 13.0. The number of carbonyl (C=O) groups is 2. The van der Waals surface area contributed by atoms with Crippen molar-refractivity contribution in [1.29, 1.82) is 0 Å². The van der Waals surface area contributed by atoms with Crippen molar-refractivity contribution in [2.75, 3.05) is 30.8 Å². The van der Waals surface area contributed by atoms with Gasteiger partial charge in [0.05, 0.1) is 23.5 Å². The van der Waals surface area contributed by atoms with Gasteiger partial charge in [-0.1, -0.05) is 11.8 Å². The highest BCUT2D eigenvalue weighted by atomic mass is 16.6. The quantitative estimate of drug-likeness (QED) is 0.277. The van der Waals surface area contributed by atoms with Crippen LogP contribution < -0.4 is 16.0 Å². The van der Waals surface area contributed by atoms with Gasteiger partial charge in [0.2, 0.25) is 11.9 Å². The predicted octanol–water partition coefficient (Wildman–Crippen LogP) is 4.04. The van der Waals surface area contributed by atoms with E-state index in [-0.39, 0.29) is 5.91 Å². The average molecular weight is 535 g/mol. The summed E-state index contributed by atoms with van der Waals surface area (Å²) in [5.41, 5.74) is 1.99. The first-order valence-electron chi connectivity index (χ1n) is 13.0. The summed E-state index contributed by atoms with van der Waals surface area (Å²) in [6, 6.07) is 5.31. The maximum Gasteiger partial charge on any atom is 0.410 e. The number of nitrogens with zero attached hydrogens (tertiary/aromatic N) is 5. The third kappa shape index (κ3) is 8.33. The summed E-state index contributed by atoms with van der Waals surface area (Å²) in [6.07, 6.45) is 4.21. The standard InChI is InChI=1S/C28H38N8O3/c1-8-29-24-20(17-31-26(34-24)33-22-13-14-23-21(16-22)18-32-36(23)7)12-10-9-11-15-30-25(37)19(2)35(6)27(38)39-28(3,4)5/h13-14,16-19H,8-9,11,15H2,1-7H3,(H,30,37)(H2,29,31,33,34)/t19-/m0/s1. The smallest absolute Gasteiger partial charge is 0.410 e. The van der Waals surface area contributed by atoms with Crippen molar-refractivity contribution in [2.45, 2.75) is 59.1 Å². The van der Waals surface area contributed by atoms with E-state index in [4.69, 9.17) is 4.74 Å². The first kappa shape index (κ1) is 29.2. The summed E-state index contributed by atoms with van der Waals surface area (Å²) in [7, 11) is 3.46. The molecule has 1 aromatic carbocycles. The van der Waals surface area contributed by atoms with Crippen LogP contribution in [0.5, 0.6) is 0 Å². The van der Waals surface area contributed by atoms with Crippen LogP contribution in [-0.2, 0) is 16.6 Å². The van der Waals surface area contributed by atoms with Gasteiger partial charge in [-0.25, -0.2) is 9.78 Å². The van der Waals surface area contributed by atoms with Crippen molar-refractivity contribution in [3.05, 3.63) is 36.2 Å². The highest BCUT2D eigenvalue weighted by molar-refractivity contribution is 5.85. The maximum atomic E-state index is 12.4. The van der Waals surface area contributed by atoms with Crippen LogP contribution >= 0.6 is 0 Å². The van der Waals surface area contributed by atoms with Gasteiger partial charge >= 0.3 is 6.09 Å². The normalized spacial score (nSPS) is 11.8. The zero-order valence-electron chi connectivity index (χ0n) is 23.8. The number of benzene rings is 1. The number of fused-ring (bicyclic) bond motifs is 1. The van der Waals surface area contributed by atoms with Crippen molar-refractivity contribution < 1.29 is 14.3 Å². The molecule has 2 amide bonds. The second-order valence-electron chi connectivity index (χ2n) is 10.1. The molecular formula is C28H38N8O3. The molecule has 3 aromatic rings. The van der Waals surface area contributed by atoms with Crippen LogP contribution in [0.15, 0.2) is 30.6 Å². The molecule has 2 aromatic heterocycles. The molecule has 39 heavy (non-hydrogen) atoms. The van der Waals surface area contributed by atoms with Gasteiger partial charge in [-0.05, 0) is 59.2 Å². The molecule has 3 N–H and O–H groups in total. The molecule has 0 aliphatic heterocycles. The zero-order valence-corrected chi connectivity index (χ0v) is 23.8. The van der Waals surface area contributed by atoms with E-state index >= 15 is 0 Å². The topological polar surface area (TPSA) is 126 Å². The van der Waals surface area contributed by atoms with Crippen molar-refractivity contribution in [3.63, 3.8) is 0 Å². The molecule has 0 unspecified atom stereocenters. The minimum atomic E-state index is -0.649. The number of likely N-dealkylation sites (N-methyl/N-ethyl adjacent to an activating group) is 1. The lowest BCUT2D eigenvalue weighted by molar-refractivity contribution is -0.125. The number of unbranched alkanes of at least 4 members (excludes halogenated alkanes) is 1. The summed E-state index contributed by atoms with van der Waals surface area (Å²) in [5, 5.41) is 14.6. The molecule has 0 radical (unpaired) electrons. The lowest BCUT2D eigenvalue weighted by Gasteiger charge is -2.28. The van der Waals surface area contributed by atoms with Gasteiger partial charge in [0.1, 0.15) is 17.5 Å². The Bertz CT molecular complexity index is 1370. The van der Waals surface area contributed by atoms with E-state index < -0.39 is 17.7 Å². The van der Waals surface area contributed by atoms with Crippen LogP contribution in [0.1, 0.15) is 53.0 Å². The average Bonchev–Trinajstić information content (AvgIpc) is 3.25. The Morgan fingerprint density at radius 1 is 1.23 bits per heavy atom. The van der Waals surface area contributed by atoms with Crippen LogP contribution in [0.4, 0.5) is 22.2 Å². The molecule has 1 atom stereocenters. The predicted molar refractivity (Wildman–Crippen MR) is 153 cm³/mol. The van der Waals surface area contributed by atoms with Crippen LogP contribution in [0.3, 0.4) is 0 Å². The number of anilines is 3. The first-order valence-corrected chi connectivity index (χ1v) is 13.0. The van der Waals surface area contributed by atoms with Crippen molar-refractivity contribution in [3.8, 4) is 11.8 Å². The van der Waals surface area contributed by atoms with Gasteiger partial charge in [-0.3, -0.25) is 14.4 Å². The zero-order chi connectivity index (χ0) is 28.6. The van der Waals surface area contributed by atoms with E-state index in [1.54, 1.807) is 40.9 Å². The molecular weight excluding hydrogens is 496 g/mol. The number of nitrogens with one attached hydrogen (secondary N) is 3. The van der Waals surface area contributed by atoms with Crippen molar-refractivity contribution in [1.82, 2.24) is 30.0 Å². The fraction of sp³-hybridized carbons (Fsp3) is 0.464. The first-order chi connectivity index (χ1) is 18.5. The van der Waals surface area contributed by atoms with Crippen LogP contribution in [0, 0.1) is 11.8 Å². The molecule has 0 fully saturated rings. The van der Waals surface area contributed by atoms with Gasteiger partial charge in [0, 0.05) is 44.7 Å². The molecule has 0 saturated carbocycles. The molecule has 0 aliphatic rings. The van der Waals surface area contributed by atoms with Crippen LogP contribution in [-0.4, -0.2) is 68.4 Å². The number of aryl methyl sites for hydroxylation is 1. The van der Waals surface area contributed by atoms with Gasteiger partial charge in [0.25, 0.3) is 0 Å². The Morgan fingerprint density at radius 3 is 2.72 bits per heavy atom. The molecule has 208 valence electrons. The van der Waals surface area contributed by atoms with Gasteiger partial charge in [-0.2, -0.15) is 10.1 Å². The van der Waals surface area contributed by atoms with E-state index in [1.165, 1.54) is 4.90 Å². The Kier molecular flexibility index (Phi) is 9.71. The van der Waals surface area contributed by atoms with E-state index in [0.29, 0.717) is 43.3 Å². The second-order valence-corrected chi connectivity index (χ2v) is 10.1. The lowest BCUT2D eigenvalue weighted by atomic mass is 10.2. The number of amides is 2. The number of hydrogen-bond acceptors (Lipinski definition) is 8. The number of ether oxygens (including phenoxy) is 1. The van der Waals surface area contributed by atoms with Crippen LogP contribution in [0.25, 0.3) is 10.9 Å². The fourth-order valence-corrected chi connectivity index (χ4v) is 3.57. The largest absolute Gasteiger partial charge is 0.444 e. The number of aromatic nitrogens is 4. The van der Waals surface area contributed by atoms with Crippen molar-refractivity contribution in [2.24, 2.45) is 7.05 Å². The molecule has 0 aliphatic carbocycles. The van der Waals surface area contributed by atoms with Gasteiger partial charge in [-0.15, -0.1) is 0 Å². The minimum Gasteiger partial charge on any atom is -0.444 e. The van der Waals surface area contributed by atoms with E-state index in [1.807, 2.05) is 43.0 Å². The monoisotopic (exact) mass is 534 g/mol. The fourth-order valence-electron chi connectivity index (χ4n) is 3.57. The Morgan fingerprint density at radius 2 is 2.00 bits per heavy atom. The highest BCUT2D eigenvalue weighted by Crippen LogP contribution is 2.22. The number of hydrogen-bond donors (Lipinski definition) is 3. The van der Waals surface area contributed by atoms with Gasteiger partial charge < -0.3 is 20.7 Å². The Labute approximate surface area is 229 Å². The molecule has 11 nitrogen and oxygen atoms in total. The van der Waals surface area contributed by atoms with E-state index in [0.717, 1.165) is 16.6 Å². The van der Waals surface area contributed by atoms with Crippen molar-refractivity contribution >= 4 is 40.4 Å². The molecule has 0 saturated heterocycles. The Balaban J connectivity index is 1.52. The minimum absolute atomic E-state index is 0.245. The van der Waals surface area contributed by atoms with Crippen LogP contribution in [0.2, 0.25) is 0 Å². The molecule has 11 heteroatoms. The summed E-state index contributed by atoms with van der Waals surface area (Å²) in [4.78, 5) is 34.9. The maximum absolute atomic E-state index is 12.4. The molecule has 0 spiro atoms. The molecule has 0 bridgehead atoms. The summed E-state index contributed by atoms with van der Waals surface area (Å²) in [5.74, 6) is 7.12. The van der Waals surface area contributed by atoms with E-state index in [2.05, 4.69) is 42.9 Å². The van der Waals surface area contributed by atoms with Gasteiger partial charge in [0.15, 0.2) is 0 Å². The number of rotatable bonds is 9. The summed E-state index contributed by atoms with van der Waals surface area (Å²) < 4.78 is 7.14. The Hall–Kier alpha value is -4.33. The summed E-state index contributed by atoms with van der Waals surface area (Å²) >= 11 is 0. The molecule has 3 rings (SSSR count). The lowest BCUT2D eigenvalue weighted by Crippen LogP contribution is -2.47. The SMILES string of the molecule is CCNc1nc(Nc2ccc3c(cnn3C)c2)ncc1C#CCCCNC(=O)[C@H](C)N(C)C(=O)OC(C)(C)C. The highest BCUT2D eigenvalue weighted by Gasteiger charge is 2.26. The third-order valence-corrected chi connectivity index (χ3v) is 5.78. The van der Waals surface area contributed by atoms with E-state index in [9.17, 15) is 9.59 Å². The number of carbonyl (C=O) groups excluding carboxylic acids is 2.